The van der Waals surface area contributed by atoms with E-state index in [2.05, 4.69) is 20.8 Å². The monoisotopic (exact) mass is 240 g/mol. The SMILES string of the molecule is CCOC1(C(=O)CC)CC(C)CCC1C(C)C. The number of hydrogen-bond donors (Lipinski definition) is 0. The third kappa shape index (κ3) is 2.90. The van der Waals surface area contributed by atoms with Gasteiger partial charge in [0.25, 0.3) is 0 Å². The van der Waals surface area contributed by atoms with Crippen LogP contribution in [0.15, 0.2) is 0 Å². The molecule has 2 nitrogen and oxygen atoms in total. The predicted octanol–water partition coefficient (Wildman–Crippen LogP) is 3.83. The van der Waals surface area contributed by atoms with Crippen LogP contribution < -0.4 is 0 Å². The van der Waals surface area contributed by atoms with Crippen molar-refractivity contribution in [2.24, 2.45) is 17.8 Å². The molecule has 17 heavy (non-hydrogen) atoms. The van der Waals surface area contributed by atoms with Gasteiger partial charge in [0.1, 0.15) is 5.60 Å². The minimum absolute atomic E-state index is 0.310. The molecule has 3 unspecified atom stereocenters. The third-order valence-corrected chi connectivity index (χ3v) is 4.22. The maximum atomic E-state index is 12.4. The lowest BCUT2D eigenvalue weighted by Gasteiger charge is -2.46. The number of hydrogen-bond acceptors (Lipinski definition) is 2. The topological polar surface area (TPSA) is 26.3 Å². The molecule has 1 fully saturated rings. The van der Waals surface area contributed by atoms with Gasteiger partial charge in [0.15, 0.2) is 5.78 Å². The number of ketones is 1. The minimum Gasteiger partial charge on any atom is -0.367 e. The first-order valence-corrected chi connectivity index (χ1v) is 7.15. The van der Waals surface area contributed by atoms with Gasteiger partial charge in [-0.3, -0.25) is 4.79 Å². The molecule has 0 radical (unpaired) electrons. The van der Waals surface area contributed by atoms with Gasteiger partial charge < -0.3 is 4.74 Å². The van der Waals surface area contributed by atoms with Crippen molar-refractivity contribution in [1.29, 1.82) is 0 Å². The van der Waals surface area contributed by atoms with Crippen LogP contribution in [0.3, 0.4) is 0 Å². The fourth-order valence-corrected chi connectivity index (χ4v) is 3.46. The minimum atomic E-state index is -0.491. The Balaban J connectivity index is 3.05. The Hall–Kier alpha value is -0.370. The van der Waals surface area contributed by atoms with Gasteiger partial charge in [0.2, 0.25) is 0 Å². The smallest absolute Gasteiger partial charge is 0.164 e. The van der Waals surface area contributed by atoms with Crippen LogP contribution >= 0.6 is 0 Å². The summed E-state index contributed by atoms with van der Waals surface area (Å²) in [6, 6.07) is 0. The van der Waals surface area contributed by atoms with Crippen LogP contribution in [-0.4, -0.2) is 18.0 Å². The maximum Gasteiger partial charge on any atom is 0.164 e. The fourth-order valence-electron chi connectivity index (χ4n) is 3.46. The molecule has 1 rings (SSSR count). The average Bonchev–Trinajstić information content (AvgIpc) is 2.27. The highest BCUT2D eigenvalue weighted by Crippen LogP contribution is 2.44. The summed E-state index contributed by atoms with van der Waals surface area (Å²) in [5.41, 5.74) is -0.491. The number of rotatable bonds is 5. The van der Waals surface area contributed by atoms with Crippen LogP contribution in [-0.2, 0) is 9.53 Å². The van der Waals surface area contributed by atoms with E-state index in [-0.39, 0.29) is 0 Å². The fraction of sp³-hybridized carbons (Fsp3) is 0.933. The molecular weight excluding hydrogens is 212 g/mol. The quantitative estimate of drug-likeness (QED) is 0.730. The zero-order chi connectivity index (χ0) is 13.1. The predicted molar refractivity (Wildman–Crippen MR) is 71.0 cm³/mol. The zero-order valence-corrected chi connectivity index (χ0v) is 12.1. The molecule has 1 saturated carbocycles. The highest BCUT2D eigenvalue weighted by molar-refractivity contribution is 5.87. The second-order valence-corrected chi connectivity index (χ2v) is 5.84. The molecule has 0 aliphatic heterocycles. The second-order valence-electron chi connectivity index (χ2n) is 5.84. The standard InChI is InChI=1S/C15H28O2/c1-6-14(16)15(17-7-2)10-12(5)8-9-13(15)11(3)4/h11-13H,6-10H2,1-5H3. The Morgan fingerprint density at radius 2 is 2.00 bits per heavy atom. The van der Waals surface area contributed by atoms with Crippen molar-refractivity contribution in [3.05, 3.63) is 0 Å². The highest BCUT2D eigenvalue weighted by atomic mass is 16.5. The summed E-state index contributed by atoms with van der Waals surface area (Å²) in [6.07, 6.45) is 3.87. The molecule has 2 heteroatoms. The van der Waals surface area contributed by atoms with Crippen molar-refractivity contribution >= 4 is 5.78 Å². The largest absolute Gasteiger partial charge is 0.367 e. The summed E-state index contributed by atoms with van der Waals surface area (Å²) in [6.45, 7) is 11.3. The summed E-state index contributed by atoms with van der Waals surface area (Å²) >= 11 is 0. The molecule has 0 aromatic carbocycles. The van der Waals surface area contributed by atoms with Crippen LogP contribution in [0.5, 0.6) is 0 Å². The number of carbonyl (C=O) groups is 1. The van der Waals surface area contributed by atoms with Crippen LogP contribution in [0.1, 0.15) is 60.3 Å². The van der Waals surface area contributed by atoms with Gasteiger partial charge >= 0.3 is 0 Å². The first-order chi connectivity index (χ1) is 7.97. The molecule has 0 bridgehead atoms. The Kier molecular flexibility index (Phi) is 5.18. The number of ether oxygens (including phenoxy) is 1. The molecule has 1 aliphatic rings. The molecule has 3 atom stereocenters. The van der Waals surface area contributed by atoms with E-state index in [1.807, 2.05) is 13.8 Å². The van der Waals surface area contributed by atoms with Crippen molar-refractivity contribution in [2.45, 2.75) is 65.9 Å². The van der Waals surface area contributed by atoms with Crippen molar-refractivity contribution in [3.63, 3.8) is 0 Å². The van der Waals surface area contributed by atoms with E-state index in [0.717, 1.165) is 12.8 Å². The lowest BCUT2D eigenvalue weighted by molar-refractivity contribution is -0.166. The second kappa shape index (κ2) is 5.99. The molecule has 0 spiro atoms. The van der Waals surface area contributed by atoms with Crippen molar-refractivity contribution in [1.82, 2.24) is 0 Å². The van der Waals surface area contributed by atoms with Crippen molar-refractivity contribution in [2.75, 3.05) is 6.61 Å². The molecule has 0 N–H and O–H groups in total. The molecule has 0 aromatic heterocycles. The van der Waals surface area contributed by atoms with Crippen molar-refractivity contribution in [3.8, 4) is 0 Å². The van der Waals surface area contributed by atoms with Gasteiger partial charge in [0.05, 0.1) is 0 Å². The molecule has 0 amide bonds. The molecule has 0 heterocycles. The normalized spacial score (nSPS) is 34.0. The average molecular weight is 240 g/mol. The summed E-state index contributed by atoms with van der Waals surface area (Å²) in [5.74, 6) is 1.83. The van der Waals surface area contributed by atoms with Gasteiger partial charge in [-0.15, -0.1) is 0 Å². The van der Waals surface area contributed by atoms with E-state index in [9.17, 15) is 4.79 Å². The number of Topliss-reactive ketones (excluding diaryl/α,β-unsaturated/α-hetero) is 1. The van der Waals surface area contributed by atoms with Crippen LogP contribution in [0.2, 0.25) is 0 Å². The van der Waals surface area contributed by atoms with Gasteiger partial charge in [-0.05, 0) is 37.5 Å². The first-order valence-electron chi connectivity index (χ1n) is 7.15. The number of carbonyl (C=O) groups excluding carboxylic acids is 1. The molecule has 0 aromatic rings. The van der Waals surface area contributed by atoms with Crippen molar-refractivity contribution < 1.29 is 9.53 Å². The van der Waals surface area contributed by atoms with Crippen LogP contribution in [0.25, 0.3) is 0 Å². The van der Waals surface area contributed by atoms with Crippen LogP contribution in [0, 0.1) is 17.8 Å². The zero-order valence-electron chi connectivity index (χ0n) is 12.1. The first kappa shape index (κ1) is 14.7. The molecule has 0 saturated heterocycles. The highest BCUT2D eigenvalue weighted by Gasteiger charge is 2.49. The third-order valence-electron chi connectivity index (χ3n) is 4.22. The summed E-state index contributed by atoms with van der Waals surface area (Å²) in [7, 11) is 0. The van der Waals surface area contributed by atoms with E-state index >= 15 is 0 Å². The van der Waals surface area contributed by atoms with Crippen LogP contribution in [0.4, 0.5) is 0 Å². The summed E-state index contributed by atoms with van der Waals surface area (Å²) in [4.78, 5) is 12.4. The molecular formula is C15H28O2. The Labute approximate surface area is 106 Å². The molecule has 100 valence electrons. The van der Waals surface area contributed by atoms with E-state index in [1.165, 1.54) is 6.42 Å². The van der Waals surface area contributed by atoms with E-state index in [4.69, 9.17) is 4.74 Å². The van der Waals surface area contributed by atoms with Gasteiger partial charge in [-0.1, -0.05) is 34.1 Å². The molecule has 1 aliphatic carbocycles. The Morgan fingerprint density at radius 1 is 1.35 bits per heavy atom. The van der Waals surface area contributed by atoms with E-state index < -0.39 is 5.60 Å². The van der Waals surface area contributed by atoms with Gasteiger partial charge in [-0.2, -0.15) is 0 Å². The summed E-state index contributed by atoms with van der Waals surface area (Å²) in [5, 5.41) is 0. The Bertz CT molecular complexity index is 260. The van der Waals surface area contributed by atoms with E-state index in [1.54, 1.807) is 0 Å². The summed E-state index contributed by atoms with van der Waals surface area (Å²) < 4.78 is 6.02. The van der Waals surface area contributed by atoms with Gasteiger partial charge in [-0.25, -0.2) is 0 Å². The lowest BCUT2D eigenvalue weighted by Crippen LogP contribution is -2.53. The lowest BCUT2D eigenvalue weighted by atomic mass is 9.64. The Morgan fingerprint density at radius 3 is 2.47 bits per heavy atom. The maximum absolute atomic E-state index is 12.4. The van der Waals surface area contributed by atoms with Gasteiger partial charge in [0, 0.05) is 13.0 Å². The van der Waals surface area contributed by atoms with E-state index in [0.29, 0.717) is 36.6 Å².